The SMILES string of the molecule is C=C(CCCC(=O)OCCCCCC)c1ccccc1. The second-order valence-corrected chi connectivity index (χ2v) is 5.10. The van der Waals surface area contributed by atoms with Crippen LogP contribution >= 0.6 is 0 Å². The third-order valence-electron chi connectivity index (χ3n) is 3.30. The van der Waals surface area contributed by atoms with E-state index in [4.69, 9.17) is 4.74 Å². The lowest BCUT2D eigenvalue weighted by Crippen LogP contribution is -2.05. The molecular formula is C18H26O2. The highest BCUT2D eigenvalue weighted by Gasteiger charge is 2.04. The molecule has 0 atom stereocenters. The molecule has 0 saturated heterocycles. The standard InChI is InChI=1S/C18H26O2/c1-3-4-5-9-15-20-18(19)14-10-11-16(2)17-12-7-6-8-13-17/h6-8,12-13H,2-5,9-11,14-15H2,1H3. The monoisotopic (exact) mass is 274 g/mol. The molecule has 0 spiro atoms. The van der Waals surface area contributed by atoms with Crippen LogP contribution < -0.4 is 0 Å². The van der Waals surface area contributed by atoms with Crippen LogP contribution in [0, 0.1) is 0 Å². The van der Waals surface area contributed by atoms with Crippen LogP contribution in [0.3, 0.4) is 0 Å². The lowest BCUT2D eigenvalue weighted by atomic mass is 10.0. The second kappa shape index (κ2) is 10.2. The molecule has 20 heavy (non-hydrogen) atoms. The first-order chi connectivity index (χ1) is 9.74. The van der Waals surface area contributed by atoms with Gasteiger partial charge in [-0.25, -0.2) is 0 Å². The number of carbonyl (C=O) groups is 1. The topological polar surface area (TPSA) is 26.3 Å². The van der Waals surface area contributed by atoms with E-state index in [9.17, 15) is 4.79 Å². The van der Waals surface area contributed by atoms with Crippen LogP contribution in [0.4, 0.5) is 0 Å². The molecule has 0 N–H and O–H groups in total. The Balaban J connectivity index is 2.08. The third-order valence-corrected chi connectivity index (χ3v) is 3.30. The minimum absolute atomic E-state index is 0.0811. The Bertz CT molecular complexity index is 395. The molecule has 2 nitrogen and oxygen atoms in total. The molecule has 1 aromatic rings. The molecule has 0 unspecified atom stereocenters. The van der Waals surface area contributed by atoms with E-state index in [1.165, 1.54) is 12.8 Å². The summed E-state index contributed by atoms with van der Waals surface area (Å²) in [5.41, 5.74) is 2.24. The minimum Gasteiger partial charge on any atom is -0.466 e. The normalized spacial score (nSPS) is 10.2. The first-order valence-corrected chi connectivity index (χ1v) is 7.63. The Kier molecular flexibility index (Phi) is 8.44. The summed E-state index contributed by atoms with van der Waals surface area (Å²) in [6.07, 6.45) is 6.69. The van der Waals surface area contributed by atoms with Gasteiger partial charge >= 0.3 is 5.97 Å². The molecule has 0 amide bonds. The summed E-state index contributed by atoms with van der Waals surface area (Å²) < 4.78 is 5.21. The highest BCUT2D eigenvalue weighted by molar-refractivity contribution is 5.70. The number of ether oxygens (including phenoxy) is 1. The summed E-state index contributed by atoms with van der Waals surface area (Å²) in [4.78, 5) is 11.5. The molecule has 0 aliphatic carbocycles. The fourth-order valence-corrected chi connectivity index (χ4v) is 2.05. The van der Waals surface area contributed by atoms with Crippen LogP contribution in [0.2, 0.25) is 0 Å². The van der Waals surface area contributed by atoms with E-state index < -0.39 is 0 Å². The van der Waals surface area contributed by atoms with E-state index in [2.05, 4.69) is 13.5 Å². The Labute approximate surface area is 122 Å². The van der Waals surface area contributed by atoms with Crippen LogP contribution in [0.25, 0.3) is 5.57 Å². The lowest BCUT2D eigenvalue weighted by Gasteiger charge is -2.06. The van der Waals surface area contributed by atoms with Crippen molar-refractivity contribution in [3.8, 4) is 0 Å². The van der Waals surface area contributed by atoms with Gasteiger partial charge in [-0.3, -0.25) is 4.79 Å². The zero-order valence-electron chi connectivity index (χ0n) is 12.6. The number of rotatable bonds is 10. The highest BCUT2D eigenvalue weighted by Crippen LogP contribution is 2.18. The van der Waals surface area contributed by atoms with E-state index in [-0.39, 0.29) is 5.97 Å². The van der Waals surface area contributed by atoms with Crippen LogP contribution in [0.5, 0.6) is 0 Å². The molecule has 0 bridgehead atoms. The predicted molar refractivity (Wildman–Crippen MR) is 84.4 cm³/mol. The van der Waals surface area contributed by atoms with E-state index in [0.29, 0.717) is 13.0 Å². The largest absolute Gasteiger partial charge is 0.466 e. The molecule has 2 heteroatoms. The molecule has 0 radical (unpaired) electrons. The van der Waals surface area contributed by atoms with Gasteiger partial charge in [0.15, 0.2) is 0 Å². The highest BCUT2D eigenvalue weighted by atomic mass is 16.5. The van der Waals surface area contributed by atoms with Crippen molar-refractivity contribution < 1.29 is 9.53 Å². The molecule has 0 saturated carbocycles. The van der Waals surface area contributed by atoms with Crippen molar-refractivity contribution in [2.75, 3.05) is 6.61 Å². The van der Waals surface area contributed by atoms with Crippen molar-refractivity contribution in [3.05, 3.63) is 42.5 Å². The summed E-state index contributed by atoms with van der Waals surface area (Å²) >= 11 is 0. The first kappa shape index (κ1) is 16.5. The van der Waals surface area contributed by atoms with E-state index in [1.54, 1.807) is 0 Å². The molecule has 1 aromatic carbocycles. The maximum atomic E-state index is 11.5. The number of carbonyl (C=O) groups excluding carboxylic acids is 1. The zero-order chi connectivity index (χ0) is 14.6. The molecular weight excluding hydrogens is 248 g/mol. The fourth-order valence-electron chi connectivity index (χ4n) is 2.05. The Hall–Kier alpha value is -1.57. The van der Waals surface area contributed by atoms with Crippen molar-refractivity contribution in [2.45, 2.75) is 51.9 Å². The van der Waals surface area contributed by atoms with Crippen LogP contribution in [-0.2, 0) is 9.53 Å². The predicted octanol–water partition coefficient (Wildman–Crippen LogP) is 4.99. The number of hydrogen-bond acceptors (Lipinski definition) is 2. The summed E-state index contributed by atoms with van der Waals surface area (Å²) in [6, 6.07) is 10.1. The fraction of sp³-hybridized carbons (Fsp3) is 0.500. The van der Waals surface area contributed by atoms with Crippen LogP contribution in [0.15, 0.2) is 36.9 Å². The van der Waals surface area contributed by atoms with Crippen molar-refractivity contribution in [2.24, 2.45) is 0 Å². The van der Waals surface area contributed by atoms with Crippen LogP contribution in [-0.4, -0.2) is 12.6 Å². The van der Waals surface area contributed by atoms with Gasteiger partial charge in [-0.1, -0.05) is 63.1 Å². The molecule has 0 aliphatic rings. The molecule has 1 rings (SSSR count). The van der Waals surface area contributed by atoms with E-state index >= 15 is 0 Å². The van der Waals surface area contributed by atoms with Gasteiger partial charge < -0.3 is 4.74 Å². The van der Waals surface area contributed by atoms with Crippen molar-refractivity contribution >= 4 is 11.5 Å². The average molecular weight is 274 g/mol. The van der Waals surface area contributed by atoms with Gasteiger partial charge in [-0.2, -0.15) is 0 Å². The first-order valence-electron chi connectivity index (χ1n) is 7.63. The second-order valence-electron chi connectivity index (χ2n) is 5.10. The number of hydrogen-bond donors (Lipinski definition) is 0. The number of benzene rings is 1. The zero-order valence-corrected chi connectivity index (χ0v) is 12.6. The lowest BCUT2D eigenvalue weighted by molar-refractivity contribution is -0.143. The smallest absolute Gasteiger partial charge is 0.305 e. The molecule has 0 aromatic heterocycles. The molecule has 0 aliphatic heterocycles. The van der Waals surface area contributed by atoms with Gasteiger partial charge in [0, 0.05) is 6.42 Å². The quantitative estimate of drug-likeness (QED) is 0.443. The summed E-state index contributed by atoms with van der Waals surface area (Å²) in [5, 5.41) is 0. The maximum absolute atomic E-state index is 11.5. The van der Waals surface area contributed by atoms with Gasteiger partial charge in [0.2, 0.25) is 0 Å². The third kappa shape index (κ3) is 7.13. The number of allylic oxidation sites excluding steroid dienone is 1. The van der Waals surface area contributed by atoms with E-state index in [1.807, 2.05) is 30.3 Å². The number of esters is 1. The maximum Gasteiger partial charge on any atom is 0.305 e. The van der Waals surface area contributed by atoms with E-state index in [0.717, 1.165) is 36.8 Å². The average Bonchev–Trinajstić information content (AvgIpc) is 2.48. The molecule has 0 heterocycles. The van der Waals surface area contributed by atoms with Crippen molar-refractivity contribution in [1.29, 1.82) is 0 Å². The Morgan fingerprint density at radius 1 is 1.05 bits per heavy atom. The Morgan fingerprint density at radius 2 is 1.80 bits per heavy atom. The van der Waals surface area contributed by atoms with Crippen molar-refractivity contribution in [1.82, 2.24) is 0 Å². The molecule has 110 valence electrons. The Morgan fingerprint density at radius 3 is 2.50 bits per heavy atom. The van der Waals surface area contributed by atoms with Gasteiger partial charge in [0.05, 0.1) is 6.61 Å². The summed E-state index contributed by atoms with van der Waals surface area (Å²) in [6.45, 7) is 6.81. The molecule has 0 fully saturated rings. The van der Waals surface area contributed by atoms with Crippen LogP contribution in [0.1, 0.15) is 57.4 Å². The summed E-state index contributed by atoms with van der Waals surface area (Å²) in [5.74, 6) is -0.0811. The number of unbranched alkanes of at least 4 members (excludes halogenated alkanes) is 3. The van der Waals surface area contributed by atoms with Gasteiger partial charge in [-0.05, 0) is 30.4 Å². The van der Waals surface area contributed by atoms with Gasteiger partial charge in [0.1, 0.15) is 0 Å². The summed E-state index contributed by atoms with van der Waals surface area (Å²) in [7, 11) is 0. The van der Waals surface area contributed by atoms with Crippen molar-refractivity contribution in [3.63, 3.8) is 0 Å². The minimum atomic E-state index is -0.0811. The van der Waals surface area contributed by atoms with Gasteiger partial charge in [0.25, 0.3) is 0 Å². The van der Waals surface area contributed by atoms with Gasteiger partial charge in [-0.15, -0.1) is 0 Å².